The van der Waals surface area contributed by atoms with Gasteiger partial charge in [-0.05, 0) is 18.4 Å². The van der Waals surface area contributed by atoms with Gasteiger partial charge in [0.1, 0.15) is 15.4 Å². The average Bonchev–Trinajstić information content (AvgIpc) is 3.01. The SMILES string of the molecule is CSCCOc1[nH]c2sc(-c3cccnc3)nc2c1O. The van der Waals surface area contributed by atoms with Crippen LogP contribution < -0.4 is 4.74 Å². The molecule has 0 bridgehead atoms. The van der Waals surface area contributed by atoms with E-state index in [0.717, 1.165) is 21.2 Å². The van der Waals surface area contributed by atoms with E-state index in [1.54, 1.807) is 24.2 Å². The van der Waals surface area contributed by atoms with Crippen LogP contribution in [0.1, 0.15) is 0 Å². The zero-order valence-electron chi connectivity index (χ0n) is 10.8. The number of pyridine rings is 1. The minimum Gasteiger partial charge on any atom is -0.502 e. The highest BCUT2D eigenvalue weighted by molar-refractivity contribution is 7.98. The summed E-state index contributed by atoms with van der Waals surface area (Å²) in [7, 11) is 0. The van der Waals surface area contributed by atoms with Crippen LogP contribution in [-0.2, 0) is 0 Å². The molecule has 7 heteroatoms. The van der Waals surface area contributed by atoms with Gasteiger partial charge in [0, 0.05) is 23.7 Å². The molecule has 20 heavy (non-hydrogen) atoms. The maximum absolute atomic E-state index is 10.1. The van der Waals surface area contributed by atoms with Crippen molar-refractivity contribution in [2.24, 2.45) is 0 Å². The Kier molecular flexibility index (Phi) is 3.79. The van der Waals surface area contributed by atoms with E-state index in [4.69, 9.17) is 4.74 Å². The first kappa shape index (κ1) is 13.3. The third-order valence-electron chi connectivity index (χ3n) is 2.74. The van der Waals surface area contributed by atoms with Crippen LogP contribution in [0, 0.1) is 0 Å². The zero-order chi connectivity index (χ0) is 13.9. The largest absolute Gasteiger partial charge is 0.502 e. The van der Waals surface area contributed by atoms with E-state index >= 15 is 0 Å². The van der Waals surface area contributed by atoms with E-state index in [1.807, 2.05) is 18.4 Å². The van der Waals surface area contributed by atoms with Gasteiger partial charge < -0.3 is 14.8 Å². The number of thioether (sulfide) groups is 1. The lowest BCUT2D eigenvalue weighted by atomic mass is 10.3. The van der Waals surface area contributed by atoms with Crippen molar-refractivity contribution >= 4 is 33.4 Å². The van der Waals surface area contributed by atoms with Crippen LogP contribution in [0.2, 0.25) is 0 Å². The molecule has 3 aromatic heterocycles. The van der Waals surface area contributed by atoms with E-state index in [2.05, 4.69) is 15.0 Å². The molecule has 0 aliphatic rings. The Morgan fingerprint density at radius 1 is 1.50 bits per heavy atom. The van der Waals surface area contributed by atoms with Crippen LogP contribution in [0.3, 0.4) is 0 Å². The van der Waals surface area contributed by atoms with Gasteiger partial charge in [-0.2, -0.15) is 11.8 Å². The highest BCUT2D eigenvalue weighted by atomic mass is 32.2. The maximum atomic E-state index is 10.1. The number of rotatable bonds is 5. The fourth-order valence-corrected chi connectivity index (χ4v) is 2.98. The molecule has 0 aromatic carbocycles. The highest BCUT2D eigenvalue weighted by Gasteiger charge is 2.17. The van der Waals surface area contributed by atoms with Gasteiger partial charge in [0.2, 0.25) is 11.6 Å². The number of aromatic nitrogens is 3. The first-order valence-electron chi connectivity index (χ1n) is 6.03. The summed E-state index contributed by atoms with van der Waals surface area (Å²) >= 11 is 3.17. The van der Waals surface area contributed by atoms with Gasteiger partial charge >= 0.3 is 0 Å². The predicted molar refractivity (Wildman–Crippen MR) is 82.7 cm³/mol. The van der Waals surface area contributed by atoms with Gasteiger partial charge in [-0.15, -0.1) is 0 Å². The van der Waals surface area contributed by atoms with E-state index in [0.29, 0.717) is 18.0 Å². The zero-order valence-corrected chi connectivity index (χ0v) is 12.4. The monoisotopic (exact) mass is 307 g/mol. The molecular formula is C13H13N3O2S2. The number of ether oxygens (including phenoxy) is 1. The topological polar surface area (TPSA) is 71.0 Å². The quantitative estimate of drug-likeness (QED) is 0.709. The molecule has 0 saturated heterocycles. The summed E-state index contributed by atoms with van der Waals surface area (Å²) in [4.78, 5) is 12.4. The summed E-state index contributed by atoms with van der Waals surface area (Å²) in [5.41, 5.74) is 1.49. The lowest BCUT2D eigenvalue weighted by Gasteiger charge is -2.02. The number of fused-ring (bicyclic) bond motifs is 1. The first-order valence-corrected chi connectivity index (χ1v) is 8.24. The molecule has 104 valence electrons. The van der Waals surface area contributed by atoms with Crippen molar-refractivity contribution in [3.8, 4) is 22.2 Å². The second-order valence-corrected chi connectivity index (χ2v) is 6.07. The van der Waals surface area contributed by atoms with Crippen molar-refractivity contribution in [3.63, 3.8) is 0 Å². The fraction of sp³-hybridized carbons (Fsp3) is 0.231. The Morgan fingerprint density at radius 2 is 2.40 bits per heavy atom. The van der Waals surface area contributed by atoms with E-state index in [-0.39, 0.29) is 5.75 Å². The second-order valence-electron chi connectivity index (χ2n) is 4.08. The van der Waals surface area contributed by atoms with Gasteiger partial charge in [0.05, 0.1) is 6.61 Å². The van der Waals surface area contributed by atoms with E-state index < -0.39 is 0 Å². The molecule has 0 unspecified atom stereocenters. The van der Waals surface area contributed by atoms with Gasteiger partial charge in [-0.3, -0.25) is 4.98 Å². The molecule has 0 radical (unpaired) electrons. The lowest BCUT2D eigenvalue weighted by Crippen LogP contribution is -1.99. The molecule has 0 spiro atoms. The lowest BCUT2D eigenvalue weighted by molar-refractivity contribution is 0.313. The number of aromatic amines is 1. The first-order chi connectivity index (χ1) is 9.79. The number of thiazole rings is 1. The number of H-pyrrole nitrogens is 1. The van der Waals surface area contributed by atoms with Gasteiger partial charge in [-0.1, -0.05) is 11.3 Å². The van der Waals surface area contributed by atoms with Gasteiger partial charge in [0.25, 0.3) is 0 Å². The fourth-order valence-electron chi connectivity index (χ4n) is 1.78. The van der Waals surface area contributed by atoms with E-state index in [1.165, 1.54) is 11.3 Å². The Labute approximate surface area is 124 Å². The molecular weight excluding hydrogens is 294 g/mol. The predicted octanol–water partition coefficient (Wildman–Crippen LogP) is 3.13. The molecule has 3 heterocycles. The molecule has 0 aliphatic carbocycles. The summed E-state index contributed by atoms with van der Waals surface area (Å²) in [5, 5.41) is 10.9. The minimum absolute atomic E-state index is 0.0764. The van der Waals surface area contributed by atoms with Gasteiger partial charge in [0.15, 0.2) is 0 Å². The number of aromatic hydroxyl groups is 1. The van der Waals surface area contributed by atoms with Crippen molar-refractivity contribution in [3.05, 3.63) is 24.5 Å². The van der Waals surface area contributed by atoms with Crippen molar-refractivity contribution < 1.29 is 9.84 Å². The Bertz CT molecular complexity index is 709. The summed E-state index contributed by atoms with van der Waals surface area (Å²) in [6.45, 7) is 0.554. The third kappa shape index (κ3) is 2.46. The molecule has 3 rings (SSSR count). The molecule has 3 aromatic rings. The summed E-state index contributed by atoms with van der Waals surface area (Å²) in [5.74, 6) is 1.35. The summed E-state index contributed by atoms with van der Waals surface area (Å²) in [6.07, 6.45) is 5.49. The maximum Gasteiger partial charge on any atom is 0.237 e. The van der Waals surface area contributed by atoms with Crippen molar-refractivity contribution in [1.82, 2.24) is 15.0 Å². The van der Waals surface area contributed by atoms with Crippen LogP contribution in [0.15, 0.2) is 24.5 Å². The molecule has 0 saturated carbocycles. The van der Waals surface area contributed by atoms with Crippen molar-refractivity contribution in [2.45, 2.75) is 0 Å². The standard InChI is InChI=1S/C13H13N3O2S2/c1-19-6-5-18-11-10(17)9-13(16-11)20-12(15-9)8-3-2-4-14-7-8/h2-4,7,16-17H,5-6H2,1H3. The molecule has 5 nitrogen and oxygen atoms in total. The number of hydrogen-bond acceptors (Lipinski definition) is 6. The third-order valence-corrected chi connectivity index (χ3v) is 4.33. The van der Waals surface area contributed by atoms with E-state index in [9.17, 15) is 5.11 Å². The summed E-state index contributed by atoms with van der Waals surface area (Å²) < 4.78 is 5.49. The Balaban J connectivity index is 1.90. The average molecular weight is 307 g/mol. The minimum atomic E-state index is 0.0764. The second kappa shape index (κ2) is 5.72. The number of nitrogens with zero attached hydrogens (tertiary/aromatic N) is 2. The Hall–Kier alpha value is -1.73. The highest BCUT2D eigenvalue weighted by Crippen LogP contribution is 2.39. The van der Waals surface area contributed by atoms with Crippen LogP contribution in [-0.4, -0.2) is 38.7 Å². The smallest absolute Gasteiger partial charge is 0.237 e. The van der Waals surface area contributed by atoms with Crippen LogP contribution in [0.4, 0.5) is 0 Å². The van der Waals surface area contributed by atoms with Gasteiger partial charge in [-0.25, -0.2) is 4.98 Å². The van der Waals surface area contributed by atoms with Crippen LogP contribution >= 0.6 is 23.1 Å². The van der Waals surface area contributed by atoms with Crippen molar-refractivity contribution in [2.75, 3.05) is 18.6 Å². The normalized spacial score (nSPS) is 11.1. The van der Waals surface area contributed by atoms with Crippen LogP contribution in [0.5, 0.6) is 11.6 Å². The molecule has 0 amide bonds. The number of nitrogens with one attached hydrogen (secondary N) is 1. The Morgan fingerprint density at radius 3 is 3.10 bits per heavy atom. The summed E-state index contributed by atoms with van der Waals surface area (Å²) in [6, 6.07) is 3.81. The molecule has 0 aliphatic heterocycles. The molecule has 0 atom stereocenters. The molecule has 0 fully saturated rings. The number of hydrogen-bond donors (Lipinski definition) is 2. The van der Waals surface area contributed by atoms with Crippen molar-refractivity contribution in [1.29, 1.82) is 0 Å². The van der Waals surface area contributed by atoms with Crippen LogP contribution in [0.25, 0.3) is 20.9 Å². The molecule has 2 N–H and O–H groups in total.